The molecule has 158 valence electrons. The molecule has 6 nitrogen and oxygen atoms in total. The lowest BCUT2D eigenvalue weighted by Gasteiger charge is -2.29. The highest BCUT2D eigenvalue weighted by Crippen LogP contribution is 2.26. The summed E-state index contributed by atoms with van der Waals surface area (Å²) in [7, 11) is -1.70. The summed E-state index contributed by atoms with van der Waals surface area (Å²) >= 11 is 10.8. The average Bonchev–Trinajstić information content (AvgIpc) is 3.03. The van der Waals surface area contributed by atoms with Crippen molar-refractivity contribution < 1.29 is 13.2 Å². The van der Waals surface area contributed by atoms with Gasteiger partial charge in [0.2, 0.25) is 10.0 Å². The van der Waals surface area contributed by atoms with E-state index in [1.54, 1.807) is 12.1 Å². The number of rotatable bonds is 3. The number of fused-ring (bicyclic) bond motifs is 1. The number of aryl methyl sites for hydroxylation is 1. The molecule has 0 aliphatic carbocycles. The number of hydrogen-bond donors (Lipinski definition) is 0. The van der Waals surface area contributed by atoms with Gasteiger partial charge in [-0.1, -0.05) is 38.9 Å². The monoisotopic (exact) mass is 527 g/mol. The lowest BCUT2D eigenvalue weighted by Crippen LogP contribution is -2.40. The molecular weight excluding hydrogens is 510 g/mol. The van der Waals surface area contributed by atoms with Crippen molar-refractivity contribution >= 4 is 65.0 Å². The molecule has 4 rings (SSSR count). The van der Waals surface area contributed by atoms with Crippen molar-refractivity contribution in [2.75, 3.05) is 13.1 Å². The van der Waals surface area contributed by atoms with Crippen molar-refractivity contribution in [1.29, 1.82) is 0 Å². The number of halogens is 2. The summed E-state index contributed by atoms with van der Waals surface area (Å²) in [6, 6.07) is 12.1. The van der Waals surface area contributed by atoms with E-state index in [9.17, 15) is 13.2 Å². The van der Waals surface area contributed by atoms with Gasteiger partial charge in [0.05, 0.1) is 15.1 Å². The van der Waals surface area contributed by atoms with Gasteiger partial charge in [0.15, 0.2) is 4.80 Å². The van der Waals surface area contributed by atoms with Crippen molar-refractivity contribution in [2.45, 2.75) is 17.7 Å². The van der Waals surface area contributed by atoms with Crippen LogP contribution in [0.3, 0.4) is 0 Å². The fraction of sp³-hybridized carbons (Fsp3) is 0.300. The van der Waals surface area contributed by atoms with E-state index < -0.39 is 10.0 Å². The van der Waals surface area contributed by atoms with E-state index in [0.29, 0.717) is 35.8 Å². The molecule has 0 bridgehead atoms. The Morgan fingerprint density at radius 1 is 1.17 bits per heavy atom. The van der Waals surface area contributed by atoms with Crippen molar-refractivity contribution in [3.8, 4) is 0 Å². The summed E-state index contributed by atoms with van der Waals surface area (Å²) in [5.41, 5.74) is 1.01. The molecule has 0 atom stereocenters. The molecule has 1 aromatic heterocycles. The van der Waals surface area contributed by atoms with Crippen LogP contribution in [0, 0.1) is 5.92 Å². The summed E-state index contributed by atoms with van der Waals surface area (Å²) in [5.74, 6) is -0.474. The van der Waals surface area contributed by atoms with Crippen LogP contribution >= 0.6 is 38.9 Å². The maximum Gasteiger partial charge on any atom is 0.251 e. The third-order valence-corrected chi connectivity index (χ3v) is 8.98. The molecule has 1 saturated heterocycles. The minimum Gasteiger partial charge on any atom is -0.319 e. The van der Waals surface area contributed by atoms with Crippen LogP contribution in [0.5, 0.6) is 0 Å². The Hall–Kier alpha value is -1.52. The topological polar surface area (TPSA) is 71.7 Å². The van der Waals surface area contributed by atoms with E-state index in [-0.39, 0.29) is 16.7 Å². The van der Waals surface area contributed by atoms with Gasteiger partial charge in [-0.3, -0.25) is 4.79 Å². The zero-order valence-electron chi connectivity index (χ0n) is 16.1. The Kier molecular flexibility index (Phi) is 6.18. The van der Waals surface area contributed by atoms with E-state index in [1.807, 2.05) is 29.8 Å². The van der Waals surface area contributed by atoms with Crippen molar-refractivity contribution in [3.05, 3.63) is 56.8 Å². The molecule has 1 aliphatic heterocycles. The first kappa shape index (κ1) is 21.7. The molecule has 2 heterocycles. The minimum absolute atomic E-state index is 0.195. The van der Waals surface area contributed by atoms with Crippen molar-refractivity contribution in [1.82, 2.24) is 8.87 Å². The fourth-order valence-corrected chi connectivity index (χ4v) is 6.67. The van der Waals surface area contributed by atoms with Gasteiger partial charge >= 0.3 is 0 Å². The van der Waals surface area contributed by atoms with Crippen LogP contribution in [0.1, 0.15) is 12.8 Å². The molecule has 10 heteroatoms. The van der Waals surface area contributed by atoms with Crippen LogP contribution in [0.25, 0.3) is 10.2 Å². The van der Waals surface area contributed by atoms with E-state index in [4.69, 9.17) is 11.6 Å². The molecule has 30 heavy (non-hydrogen) atoms. The average molecular weight is 529 g/mol. The number of aromatic nitrogens is 1. The molecule has 2 aromatic carbocycles. The largest absolute Gasteiger partial charge is 0.319 e. The molecule has 0 unspecified atom stereocenters. The number of thiazole rings is 1. The van der Waals surface area contributed by atoms with Gasteiger partial charge in [-0.05, 0) is 55.3 Å². The summed E-state index contributed by atoms with van der Waals surface area (Å²) in [6.45, 7) is 0.588. The number of benzene rings is 2. The number of piperidine rings is 1. The van der Waals surface area contributed by atoms with Gasteiger partial charge < -0.3 is 4.57 Å². The third-order valence-electron chi connectivity index (χ3n) is 5.23. The molecule has 1 amide bonds. The quantitative estimate of drug-likeness (QED) is 0.512. The Labute approximate surface area is 192 Å². The zero-order chi connectivity index (χ0) is 21.5. The summed E-state index contributed by atoms with van der Waals surface area (Å²) < 4.78 is 31.0. The van der Waals surface area contributed by atoms with Gasteiger partial charge in [0.25, 0.3) is 5.91 Å². The normalized spacial score (nSPS) is 17.0. The molecule has 1 aliphatic rings. The highest BCUT2D eigenvalue weighted by molar-refractivity contribution is 9.10. The number of hydrogen-bond acceptors (Lipinski definition) is 4. The standard InChI is InChI=1S/C20H19BrClN3O3S2/c1-24-17-7-2-14(21)12-18(17)29-20(24)23-19(26)13-8-10-25(11-9-13)30(27,28)16-5-3-15(22)4-6-16/h2-7,12-13H,8-11H2,1H3. The Balaban J connectivity index is 1.49. The summed E-state index contributed by atoms with van der Waals surface area (Å²) in [6.07, 6.45) is 0.907. The second-order valence-corrected chi connectivity index (χ2v) is 11.4. The second kappa shape index (κ2) is 8.55. The minimum atomic E-state index is -3.59. The fourth-order valence-electron chi connectivity index (χ4n) is 3.50. The van der Waals surface area contributed by atoms with E-state index in [1.165, 1.54) is 27.8 Å². The number of nitrogens with zero attached hydrogens (tertiary/aromatic N) is 3. The predicted molar refractivity (Wildman–Crippen MR) is 122 cm³/mol. The molecule has 0 spiro atoms. The van der Waals surface area contributed by atoms with Gasteiger partial charge in [-0.25, -0.2) is 8.42 Å². The third kappa shape index (κ3) is 4.27. The van der Waals surface area contributed by atoms with Crippen LogP contribution < -0.4 is 4.80 Å². The van der Waals surface area contributed by atoms with Crippen LogP contribution in [0.4, 0.5) is 0 Å². The van der Waals surface area contributed by atoms with Gasteiger partial charge in [-0.15, -0.1) is 0 Å². The zero-order valence-corrected chi connectivity index (χ0v) is 20.1. The number of sulfonamides is 1. The van der Waals surface area contributed by atoms with E-state index in [0.717, 1.165) is 14.7 Å². The second-order valence-electron chi connectivity index (χ2n) is 7.14. The summed E-state index contributed by atoms with van der Waals surface area (Å²) in [4.78, 5) is 18.0. The highest BCUT2D eigenvalue weighted by atomic mass is 79.9. The van der Waals surface area contributed by atoms with E-state index >= 15 is 0 Å². The first-order chi connectivity index (χ1) is 14.3. The lowest BCUT2D eigenvalue weighted by atomic mass is 9.98. The van der Waals surface area contributed by atoms with Crippen LogP contribution in [-0.4, -0.2) is 36.3 Å². The molecule has 1 fully saturated rings. The lowest BCUT2D eigenvalue weighted by molar-refractivity contribution is -0.122. The van der Waals surface area contributed by atoms with E-state index in [2.05, 4.69) is 20.9 Å². The smallest absolute Gasteiger partial charge is 0.251 e. The maximum absolute atomic E-state index is 12.8. The molecule has 0 N–H and O–H groups in total. The first-order valence-corrected chi connectivity index (χ1v) is 12.8. The number of amides is 1. The first-order valence-electron chi connectivity index (χ1n) is 9.35. The molecule has 0 saturated carbocycles. The molecule has 3 aromatic rings. The number of carbonyl (C=O) groups excluding carboxylic acids is 1. The number of carbonyl (C=O) groups is 1. The Morgan fingerprint density at radius 3 is 2.50 bits per heavy atom. The maximum atomic E-state index is 12.8. The van der Waals surface area contributed by atoms with Gasteiger partial charge in [0, 0.05) is 35.6 Å². The van der Waals surface area contributed by atoms with Gasteiger partial charge in [-0.2, -0.15) is 9.30 Å². The predicted octanol–water partition coefficient (Wildman–Crippen LogP) is 4.18. The van der Waals surface area contributed by atoms with Gasteiger partial charge in [0.1, 0.15) is 0 Å². The Bertz CT molecular complexity index is 1270. The molecule has 0 radical (unpaired) electrons. The summed E-state index contributed by atoms with van der Waals surface area (Å²) in [5, 5.41) is 0.488. The van der Waals surface area contributed by atoms with Crippen molar-refractivity contribution in [2.24, 2.45) is 18.0 Å². The highest BCUT2D eigenvalue weighted by Gasteiger charge is 2.32. The SMILES string of the molecule is Cn1c(=NC(=O)C2CCN(S(=O)(=O)c3ccc(Cl)cc3)CC2)sc2cc(Br)ccc21. The van der Waals surface area contributed by atoms with Crippen LogP contribution in [0.2, 0.25) is 5.02 Å². The molecular formula is C20H19BrClN3O3S2. The van der Waals surface area contributed by atoms with Crippen molar-refractivity contribution in [3.63, 3.8) is 0 Å². The van der Waals surface area contributed by atoms with Crippen LogP contribution in [0.15, 0.2) is 56.8 Å². The Morgan fingerprint density at radius 2 is 1.83 bits per heavy atom. The van der Waals surface area contributed by atoms with Crippen LogP contribution in [-0.2, 0) is 21.9 Å².